The highest BCUT2D eigenvalue weighted by atomic mass is 16.5. The first-order chi connectivity index (χ1) is 6.60. The lowest BCUT2D eigenvalue weighted by atomic mass is 10.0. The van der Waals surface area contributed by atoms with Crippen LogP contribution in [0.15, 0.2) is 6.20 Å². The molecule has 1 heterocycles. The summed E-state index contributed by atoms with van der Waals surface area (Å²) in [4.78, 5) is 11.4. The van der Waals surface area contributed by atoms with Crippen molar-refractivity contribution in [2.24, 2.45) is 12.8 Å². The highest BCUT2D eigenvalue weighted by Crippen LogP contribution is 2.17. The summed E-state index contributed by atoms with van der Waals surface area (Å²) in [5.41, 5.74) is 7.16. The highest BCUT2D eigenvalue weighted by Gasteiger charge is 2.24. The summed E-state index contributed by atoms with van der Waals surface area (Å²) in [5, 5.41) is 4.19. The Bertz CT molecular complexity index is 333. The molecule has 78 valence electrons. The van der Waals surface area contributed by atoms with E-state index in [0.29, 0.717) is 5.69 Å². The van der Waals surface area contributed by atoms with E-state index in [2.05, 4.69) is 9.84 Å². The van der Waals surface area contributed by atoms with E-state index in [0.717, 1.165) is 5.56 Å². The summed E-state index contributed by atoms with van der Waals surface area (Å²) in [6.45, 7) is 2.11. The number of nitrogens with zero attached hydrogens (tertiary/aromatic N) is 2. The van der Waals surface area contributed by atoms with Crippen molar-refractivity contribution in [2.75, 3.05) is 13.7 Å². The molecule has 1 aromatic rings. The van der Waals surface area contributed by atoms with Crippen LogP contribution in [0.2, 0.25) is 0 Å². The predicted octanol–water partition coefficient (Wildman–Crippen LogP) is -0.0562. The normalized spacial score (nSPS) is 12.6. The third-order valence-electron chi connectivity index (χ3n) is 2.10. The summed E-state index contributed by atoms with van der Waals surface area (Å²) in [5.74, 6) is -0.796. The lowest BCUT2D eigenvalue weighted by Gasteiger charge is -2.10. The number of aryl methyl sites for hydroxylation is 2. The Morgan fingerprint density at radius 2 is 2.43 bits per heavy atom. The topological polar surface area (TPSA) is 70.1 Å². The minimum atomic E-state index is -0.457. The number of ether oxygens (including phenoxy) is 1. The average molecular weight is 197 g/mol. The molecule has 5 heteroatoms. The van der Waals surface area contributed by atoms with Crippen LogP contribution in [0.4, 0.5) is 0 Å². The van der Waals surface area contributed by atoms with Crippen molar-refractivity contribution < 1.29 is 9.53 Å². The van der Waals surface area contributed by atoms with Crippen molar-refractivity contribution in [2.45, 2.75) is 12.8 Å². The zero-order chi connectivity index (χ0) is 10.7. The van der Waals surface area contributed by atoms with Crippen molar-refractivity contribution in [3.8, 4) is 0 Å². The second kappa shape index (κ2) is 4.23. The van der Waals surface area contributed by atoms with Crippen LogP contribution in [-0.2, 0) is 16.6 Å². The quantitative estimate of drug-likeness (QED) is 0.689. The zero-order valence-electron chi connectivity index (χ0n) is 8.65. The Labute approximate surface area is 82.8 Å². The molecule has 0 saturated heterocycles. The fraction of sp³-hybridized carbons (Fsp3) is 0.556. The third kappa shape index (κ3) is 1.93. The molecule has 0 radical (unpaired) electrons. The number of rotatable bonds is 3. The molecule has 1 unspecified atom stereocenters. The van der Waals surface area contributed by atoms with Gasteiger partial charge < -0.3 is 10.5 Å². The molecular weight excluding hydrogens is 182 g/mol. The Kier molecular flexibility index (Phi) is 3.24. The van der Waals surface area contributed by atoms with Gasteiger partial charge in [-0.15, -0.1) is 0 Å². The van der Waals surface area contributed by atoms with E-state index in [1.165, 1.54) is 7.11 Å². The summed E-state index contributed by atoms with van der Waals surface area (Å²) >= 11 is 0. The SMILES string of the molecule is COC(=O)C(CN)c1nn(C)cc1C. The standard InChI is InChI=1S/C9H15N3O2/c1-6-5-12(2)11-8(6)7(4-10)9(13)14-3/h5,7H,4,10H2,1-3H3. The van der Waals surface area contributed by atoms with Crippen LogP contribution >= 0.6 is 0 Å². The van der Waals surface area contributed by atoms with Crippen LogP contribution in [0.25, 0.3) is 0 Å². The lowest BCUT2D eigenvalue weighted by Crippen LogP contribution is -2.24. The monoisotopic (exact) mass is 197 g/mol. The number of hydrogen-bond acceptors (Lipinski definition) is 4. The smallest absolute Gasteiger partial charge is 0.316 e. The Balaban J connectivity index is 3.00. The van der Waals surface area contributed by atoms with Crippen molar-refractivity contribution >= 4 is 5.97 Å². The molecule has 0 aliphatic heterocycles. The van der Waals surface area contributed by atoms with Crippen LogP contribution in [0.5, 0.6) is 0 Å². The number of hydrogen-bond donors (Lipinski definition) is 1. The maximum atomic E-state index is 11.4. The van der Waals surface area contributed by atoms with Gasteiger partial charge in [0.15, 0.2) is 0 Å². The molecule has 0 aliphatic rings. The first-order valence-electron chi connectivity index (χ1n) is 4.38. The molecular formula is C9H15N3O2. The van der Waals surface area contributed by atoms with Gasteiger partial charge in [0.2, 0.25) is 0 Å². The molecule has 0 aliphatic carbocycles. The van der Waals surface area contributed by atoms with Crippen molar-refractivity contribution in [3.63, 3.8) is 0 Å². The van der Waals surface area contributed by atoms with E-state index in [1.54, 1.807) is 11.7 Å². The lowest BCUT2D eigenvalue weighted by molar-refractivity contribution is -0.142. The molecule has 1 atom stereocenters. The van der Waals surface area contributed by atoms with Crippen LogP contribution in [0, 0.1) is 6.92 Å². The second-order valence-electron chi connectivity index (χ2n) is 3.18. The van der Waals surface area contributed by atoms with Gasteiger partial charge in [-0.3, -0.25) is 9.48 Å². The number of carbonyl (C=O) groups excluding carboxylic acids is 1. The van der Waals surface area contributed by atoms with Gasteiger partial charge in [0.05, 0.1) is 12.8 Å². The summed E-state index contributed by atoms with van der Waals surface area (Å²) in [7, 11) is 3.16. The van der Waals surface area contributed by atoms with Crippen LogP contribution in [-0.4, -0.2) is 29.4 Å². The molecule has 1 aromatic heterocycles. The number of methoxy groups -OCH3 is 1. The van der Waals surface area contributed by atoms with Gasteiger partial charge in [-0.1, -0.05) is 0 Å². The van der Waals surface area contributed by atoms with E-state index in [-0.39, 0.29) is 12.5 Å². The first-order valence-corrected chi connectivity index (χ1v) is 4.38. The molecule has 2 N–H and O–H groups in total. The molecule has 0 fully saturated rings. The molecule has 1 rings (SSSR count). The van der Waals surface area contributed by atoms with E-state index >= 15 is 0 Å². The van der Waals surface area contributed by atoms with E-state index in [1.807, 2.05) is 13.1 Å². The molecule has 5 nitrogen and oxygen atoms in total. The van der Waals surface area contributed by atoms with Crippen LogP contribution in [0.3, 0.4) is 0 Å². The van der Waals surface area contributed by atoms with Crippen LogP contribution in [0.1, 0.15) is 17.2 Å². The number of esters is 1. The first kappa shape index (κ1) is 10.7. The molecule has 0 bridgehead atoms. The largest absolute Gasteiger partial charge is 0.468 e. The zero-order valence-corrected chi connectivity index (χ0v) is 8.65. The average Bonchev–Trinajstić information content (AvgIpc) is 2.47. The van der Waals surface area contributed by atoms with Crippen LogP contribution < -0.4 is 5.73 Å². The Hall–Kier alpha value is -1.36. The van der Waals surface area contributed by atoms with Crippen molar-refractivity contribution in [1.29, 1.82) is 0 Å². The molecule has 0 aromatic carbocycles. The van der Waals surface area contributed by atoms with Gasteiger partial charge in [0, 0.05) is 19.8 Å². The minimum Gasteiger partial charge on any atom is -0.468 e. The molecule has 0 saturated carbocycles. The van der Waals surface area contributed by atoms with E-state index in [4.69, 9.17) is 5.73 Å². The predicted molar refractivity (Wildman–Crippen MR) is 51.8 cm³/mol. The highest BCUT2D eigenvalue weighted by molar-refractivity contribution is 5.78. The number of carbonyl (C=O) groups is 1. The number of nitrogens with two attached hydrogens (primary N) is 1. The molecule has 0 amide bonds. The molecule has 0 spiro atoms. The van der Waals surface area contributed by atoms with Gasteiger partial charge in [-0.05, 0) is 12.5 Å². The number of aromatic nitrogens is 2. The van der Waals surface area contributed by atoms with Gasteiger partial charge in [-0.25, -0.2) is 0 Å². The summed E-state index contributed by atoms with van der Waals surface area (Å²) in [6, 6.07) is 0. The van der Waals surface area contributed by atoms with Gasteiger partial charge in [0.1, 0.15) is 5.92 Å². The Morgan fingerprint density at radius 1 is 1.79 bits per heavy atom. The maximum absolute atomic E-state index is 11.4. The Morgan fingerprint density at radius 3 is 2.79 bits per heavy atom. The second-order valence-corrected chi connectivity index (χ2v) is 3.18. The van der Waals surface area contributed by atoms with E-state index < -0.39 is 5.92 Å². The van der Waals surface area contributed by atoms with Gasteiger partial charge in [-0.2, -0.15) is 5.10 Å². The third-order valence-corrected chi connectivity index (χ3v) is 2.10. The minimum absolute atomic E-state index is 0.213. The summed E-state index contributed by atoms with van der Waals surface area (Å²) < 4.78 is 6.32. The summed E-state index contributed by atoms with van der Waals surface area (Å²) in [6.07, 6.45) is 1.85. The van der Waals surface area contributed by atoms with E-state index in [9.17, 15) is 4.79 Å². The van der Waals surface area contributed by atoms with Gasteiger partial charge >= 0.3 is 5.97 Å². The fourth-order valence-electron chi connectivity index (χ4n) is 1.43. The van der Waals surface area contributed by atoms with Gasteiger partial charge in [0.25, 0.3) is 0 Å². The maximum Gasteiger partial charge on any atom is 0.316 e. The molecule has 14 heavy (non-hydrogen) atoms. The fourth-order valence-corrected chi connectivity index (χ4v) is 1.43. The van der Waals surface area contributed by atoms with Crippen molar-refractivity contribution in [1.82, 2.24) is 9.78 Å². The van der Waals surface area contributed by atoms with Crippen molar-refractivity contribution in [3.05, 3.63) is 17.5 Å².